The zero-order valence-corrected chi connectivity index (χ0v) is 20.1. The number of rotatable bonds is 4. The van der Waals surface area contributed by atoms with Crippen LogP contribution in [0.3, 0.4) is 0 Å². The second kappa shape index (κ2) is 14.9. The summed E-state index contributed by atoms with van der Waals surface area (Å²) in [4.78, 5) is 0. The van der Waals surface area contributed by atoms with Gasteiger partial charge in [0, 0.05) is 5.56 Å². The lowest BCUT2D eigenvalue weighted by Gasteiger charge is -2.10. The van der Waals surface area contributed by atoms with Gasteiger partial charge in [0.25, 0.3) is 0 Å². The highest BCUT2D eigenvalue weighted by Crippen LogP contribution is 2.28. The van der Waals surface area contributed by atoms with Crippen LogP contribution in [0.1, 0.15) is 40.8 Å². The van der Waals surface area contributed by atoms with Crippen molar-refractivity contribution >= 4 is 0 Å². The molecule has 0 aromatic heterocycles. The molecule has 0 atom stereocenters. The first kappa shape index (κ1) is 29.0. The van der Waals surface area contributed by atoms with Gasteiger partial charge < -0.3 is 19.3 Å². The molecule has 0 aliphatic heterocycles. The lowest BCUT2D eigenvalue weighted by Crippen LogP contribution is -1.93. The minimum atomic E-state index is 0. The largest absolute Gasteiger partial charge is 0.496 e. The number of aliphatic hydroxyl groups excluding tert-OH is 1. The Morgan fingerprint density at radius 3 is 1.53 bits per heavy atom. The molecule has 3 aromatic carbocycles. The van der Waals surface area contributed by atoms with Gasteiger partial charge in [0.2, 0.25) is 0 Å². The van der Waals surface area contributed by atoms with Crippen molar-refractivity contribution in [3.05, 3.63) is 88.0 Å². The van der Waals surface area contributed by atoms with E-state index in [1.54, 1.807) is 21.3 Å². The molecular weight excluding hydrogens is 400 g/mol. The van der Waals surface area contributed by atoms with Crippen LogP contribution in [0.4, 0.5) is 0 Å². The van der Waals surface area contributed by atoms with Gasteiger partial charge in [-0.2, -0.15) is 0 Å². The maximum Gasteiger partial charge on any atom is 0.125 e. The number of methoxy groups -OCH3 is 3. The molecule has 0 fully saturated rings. The highest BCUT2D eigenvalue weighted by Gasteiger charge is 2.05. The molecule has 3 aromatic rings. The van der Waals surface area contributed by atoms with E-state index in [0.29, 0.717) is 0 Å². The van der Waals surface area contributed by atoms with Gasteiger partial charge in [0.05, 0.1) is 27.9 Å². The lowest BCUT2D eigenvalue weighted by atomic mass is 10.1. The fourth-order valence-electron chi connectivity index (χ4n) is 2.93. The second-order valence-electron chi connectivity index (χ2n) is 7.35. The summed E-state index contributed by atoms with van der Waals surface area (Å²) in [6.45, 7) is 10.2. The molecule has 0 saturated carbocycles. The van der Waals surface area contributed by atoms with Crippen LogP contribution in [-0.2, 0) is 6.61 Å². The molecule has 0 saturated heterocycles. The van der Waals surface area contributed by atoms with Crippen molar-refractivity contribution in [2.75, 3.05) is 21.3 Å². The number of aryl methyl sites for hydroxylation is 4. The number of benzene rings is 3. The van der Waals surface area contributed by atoms with Crippen molar-refractivity contribution in [3.8, 4) is 17.2 Å². The summed E-state index contributed by atoms with van der Waals surface area (Å²) in [6, 6.07) is 18.0. The average molecular weight is 441 g/mol. The van der Waals surface area contributed by atoms with E-state index < -0.39 is 0 Å². The molecule has 0 aliphatic carbocycles. The fraction of sp³-hybridized carbons (Fsp3) is 0.357. The Labute approximate surface area is 194 Å². The normalized spacial score (nSPS) is 9.28. The molecule has 4 heteroatoms. The standard InChI is InChI=1S/C10H14O2.C9H12O.C8H10O.CH4/c1-7-5-9(11-3)8(2)10(6-7)12-4;1-7-4-5-8(2)9(6-7)10-3;1-7-4-2-3-5-8(7)6-9;/h5-6H,1-4H3;4-6H,1-3H3;2-5,9H,6H2,1H3;1H4. The average Bonchev–Trinajstić information content (AvgIpc) is 2.78. The maximum absolute atomic E-state index is 8.72. The molecule has 0 aliphatic rings. The first-order chi connectivity index (χ1) is 14.8. The van der Waals surface area contributed by atoms with Crippen molar-refractivity contribution in [3.63, 3.8) is 0 Å². The Bertz CT molecular complexity index is 923. The minimum Gasteiger partial charge on any atom is -0.496 e. The highest BCUT2D eigenvalue weighted by molar-refractivity contribution is 5.46. The van der Waals surface area contributed by atoms with Gasteiger partial charge in [-0.3, -0.25) is 0 Å². The molecule has 176 valence electrons. The SMILES string of the molecule is C.COc1cc(C)cc(OC)c1C.COc1cc(C)ccc1C.Cc1ccccc1CO. The number of ether oxygens (including phenoxy) is 3. The molecule has 1 N–H and O–H groups in total. The summed E-state index contributed by atoms with van der Waals surface area (Å²) in [6.07, 6.45) is 0. The van der Waals surface area contributed by atoms with E-state index in [1.165, 1.54) is 11.1 Å². The molecule has 3 rings (SSSR count). The molecule has 0 radical (unpaired) electrons. The first-order valence-electron chi connectivity index (χ1n) is 10.2. The van der Waals surface area contributed by atoms with Crippen LogP contribution in [0.2, 0.25) is 0 Å². The molecule has 0 heterocycles. The monoisotopic (exact) mass is 440 g/mol. The second-order valence-corrected chi connectivity index (χ2v) is 7.35. The third-order valence-corrected chi connectivity index (χ3v) is 4.89. The fourth-order valence-corrected chi connectivity index (χ4v) is 2.93. The van der Waals surface area contributed by atoms with Crippen LogP contribution < -0.4 is 14.2 Å². The van der Waals surface area contributed by atoms with Crippen LogP contribution in [0, 0.1) is 34.6 Å². The lowest BCUT2D eigenvalue weighted by molar-refractivity contribution is 0.281. The number of aliphatic hydroxyl groups is 1. The Morgan fingerprint density at radius 1 is 0.625 bits per heavy atom. The number of hydrogen-bond donors (Lipinski definition) is 1. The summed E-state index contributed by atoms with van der Waals surface area (Å²) < 4.78 is 15.5. The van der Waals surface area contributed by atoms with Gasteiger partial charge in [-0.25, -0.2) is 0 Å². The van der Waals surface area contributed by atoms with E-state index >= 15 is 0 Å². The van der Waals surface area contributed by atoms with Gasteiger partial charge in [-0.15, -0.1) is 0 Å². The molecule has 0 bridgehead atoms. The third kappa shape index (κ3) is 9.03. The maximum atomic E-state index is 8.72. The molecule has 0 unspecified atom stereocenters. The highest BCUT2D eigenvalue weighted by atomic mass is 16.5. The van der Waals surface area contributed by atoms with Gasteiger partial charge in [0.15, 0.2) is 0 Å². The van der Waals surface area contributed by atoms with E-state index in [0.717, 1.165) is 39.5 Å². The summed E-state index contributed by atoms with van der Waals surface area (Å²) in [5, 5.41) is 8.72. The Balaban J connectivity index is 0.000000448. The zero-order chi connectivity index (χ0) is 23.4. The van der Waals surface area contributed by atoms with Crippen molar-refractivity contribution in [2.24, 2.45) is 0 Å². The summed E-state index contributed by atoms with van der Waals surface area (Å²) in [7, 11) is 5.03. The van der Waals surface area contributed by atoms with E-state index in [1.807, 2.05) is 70.2 Å². The molecule has 0 spiro atoms. The van der Waals surface area contributed by atoms with E-state index in [-0.39, 0.29) is 14.0 Å². The van der Waals surface area contributed by atoms with Gasteiger partial charge in [0.1, 0.15) is 17.2 Å². The van der Waals surface area contributed by atoms with Crippen LogP contribution in [0.5, 0.6) is 17.2 Å². The topological polar surface area (TPSA) is 47.9 Å². The van der Waals surface area contributed by atoms with Crippen molar-refractivity contribution < 1.29 is 19.3 Å². The Kier molecular flexibility index (Phi) is 13.5. The summed E-state index contributed by atoms with van der Waals surface area (Å²) in [5.74, 6) is 2.73. The van der Waals surface area contributed by atoms with E-state index in [2.05, 4.69) is 19.1 Å². The quantitative estimate of drug-likeness (QED) is 0.487. The Morgan fingerprint density at radius 2 is 1.12 bits per heavy atom. The third-order valence-electron chi connectivity index (χ3n) is 4.89. The van der Waals surface area contributed by atoms with E-state index in [9.17, 15) is 0 Å². The molecule has 0 amide bonds. The molecular formula is C28H40O4. The van der Waals surface area contributed by atoms with Crippen molar-refractivity contribution in [1.29, 1.82) is 0 Å². The summed E-state index contributed by atoms with van der Waals surface area (Å²) >= 11 is 0. The van der Waals surface area contributed by atoms with Crippen molar-refractivity contribution in [2.45, 2.75) is 48.7 Å². The predicted octanol–water partition coefficient (Wildman–Crippen LogP) is 6.76. The van der Waals surface area contributed by atoms with Gasteiger partial charge in [-0.05, 0) is 80.6 Å². The van der Waals surface area contributed by atoms with Crippen LogP contribution in [-0.4, -0.2) is 26.4 Å². The summed E-state index contributed by atoms with van der Waals surface area (Å²) in [5.41, 5.74) is 6.79. The van der Waals surface area contributed by atoms with Crippen molar-refractivity contribution in [1.82, 2.24) is 0 Å². The van der Waals surface area contributed by atoms with Gasteiger partial charge >= 0.3 is 0 Å². The van der Waals surface area contributed by atoms with Crippen LogP contribution in [0.25, 0.3) is 0 Å². The van der Waals surface area contributed by atoms with Crippen LogP contribution in [0.15, 0.2) is 54.6 Å². The molecule has 32 heavy (non-hydrogen) atoms. The smallest absolute Gasteiger partial charge is 0.125 e. The molecule has 4 nitrogen and oxygen atoms in total. The predicted molar refractivity (Wildman–Crippen MR) is 135 cm³/mol. The number of hydrogen-bond acceptors (Lipinski definition) is 4. The van der Waals surface area contributed by atoms with Gasteiger partial charge in [-0.1, -0.05) is 43.8 Å². The minimum absolute atomic E-state index is 0. The zero-order valence-electron chi connectivity index (χ0n) is 20.1. The Hall–Kier alpha value is -2.98. The first-order valence-corrected chi connectivity index (χ1v) is 10.2. The van der Waals surface area contributed by atoms with Crippen LogP contribution >= 0.6 is 0 Å². The van der Waals surface area contributed by atoms with E-state index in [4.69, 9.17) is 19.3 Å².